The lowest BCUT2D eigenvalue weighted by atomic mass is 9.99. The number of unbranched alkanes of at least 4 members (excludes halogenated alkanes) is 3. The Morgan fingerprint density at radius 2 is 1.00 bits per heavy atom. The number of carboxylic acid groups (broad SMARTS) is 1. The van der Waals surface area contributed by atoms with Crippen LogP contribution < -0.4 is 49.5 Å². The average Bonchev–Trinajstić information content (AvgIpc) is 3.13. The van der Waals surface area contributed by atoms with Crippen molar-refractivity contribution >= 4 is 48.1 Å². The number of phenolic OH excluding ortho intramolecular Hbond substituents is 1. The topological polar surface area (TPSA) is 307 Å². The highest BCUT2D eigenvalue weighted by atomic mass is 32.1. The Kier molecular flexibility index (Phi) is 23.8. The van der Waals surface area contributed by atoms with Gasteiger partial charge in [-0.2, -0.15) is 12.6 Å². The van der Waals surface area contributed by atoms with Crippen LogP contribution in [0.3, 0.4) is 0 Å². The summed E-state index contributed by atoms with van der Waals surface area (Å²) < 4.78 is 0. The summed E-state index contributed by atoms with van der Waals surface area (Å²) in [6.45, 7) is 4.76. The number of benzene rings is 1. The highest BCUT2D eigenvalue weighted by Crippen LogP contribution is 2.14. The fraction of sp³-hybridized carbons (Fsp3) is 0.667. The van der Waals surface area contributed by atoms with Crippen molar-refractivity contribution < 1.29 is 39.0 Å². The zero-order valence-corrected chi connectivity index (χ0v) is 32.5. The van der Waals surface area contributed by atoms with E-state index < -0.39 is 71.8 Å². The fourth-order valence-corrected chi connectivity index (χ4v) is 5.67. The molecule has 54 heavy (non-hydrogen) atoms. The van der Waals surface area contributed by atoms with E-state index in [4.69, 9.17) is 22.9 Å². The molecule has 18 heteroatoms. The van der Waals surface area contributed by atoms with Crippen LogP contribution in [0.5, 0.6) is 5.75 Å². The van der Waals surface area contributed by atoms with Gasteiger partial charge in [0.15, 0.2) is 0 Å². The van der Waals surface area contributed by atoms with E-state index in [0.717, 1.165) is 0 Å². The summed E-state index contributed by atoms with van der Waals surface area (Å²) in [6.07, 6.45) is 3.78. The minimum Gasteiger partial charge on any atom is -0.508 e. The van der Waals surface area contributed by atoms with Gasteiger partial charge in [-0.15, -0.1) is 0 Å². The maximum Gasteiger partial charge on any atom is 0.326 e. The van der Waals surface area contributed by atoms with Crippen LogP contribution in [0.4, 0.5) is 0 Å². The second-order valence-electron chi connectivity index (χ2n) is 13.8. The van der Waals surface area contributed by atoms with Crippen molar-refractivity contribution in [2.75, 3.05) is 25.4 Å². The molecule has 0 aromatic heterocycles. The first-order valence-corrected chi connectivity index (χ1v) is 19.3. The summed E-state index contributed by atoms with van der Waals surface area (Å²) in [4.78, 5) is 79.5. The number of amides is 5. The largest absolute Gasteiger partial charge is 0.508 e. The Labute approximate surface area is 323 Å². The van der Waals surface area contributed by atoms with Gasteiger partial charge in [0, 0.05) is 12.2 Å². The van der Waals surface area contributed by atoms with Gasteiger partial charge in [0.2, 0.25) is 29.5 Å². The van der Waals surface area contributed by atoms with Crippen LogP contribution in [0.25, 0.3) is 0 Å². The molecule has 0 heterocycles. The molecular weight excluding hydrogens is 719 g/mol. The summed E-state index contributed by atoms with van der Waals surface area (Å²) >= 11 is 4.06. The molecule has 306 valence electrons. The molecule has 1 aromatic carbocycles. The molecule has 0 aliphatic rings. The number of hydrogen-bond acceptors (Lipinski definition) is 12. The second kappa shape index (κ2) is 26.7. The Morgan fingerprint density at radius 3 is 1.44 bits per heavy atom. The van der Waals surface area contributed by atoms with Gasteiger partial charge in [-0.3, -0.25) is 24.0 Å². The number of carbonyl (C=O) groups excluding carboxylic acids is 5. The monoisotopic (exact) mass is 781 g/mol. The van der Waals surface area contributed by atoms with Crippen LogP contribution in [0.1, 0.15) is 83.6 Å². The van der Waals surface area contributed by atoms with Crippen LogP contribution >= 0.6 is 12.6 Å². The number of carbonyl (C=O) groups is 6. The molecule has 6 atom stereocenters. The van der Waals surface area contributed by atoms with Gasteiger partial charge in [-0.25, -0.2) is 4.79 Å². The van der Waals surface area contributed by atoms with Crippen molar-refractivity contribution in [3.05, 3.63) is 29.8 Å². The molecular formula is C36H63N9O8S. The molecule has 0 unspecified atom stereocenters. The number of thiol groups is 1. The number of phenols is 1. The van der Waals surface area contributed by atoms with Crippen LogP contribution in [-0.2, 0) is 35.2 Å². The minimum atomic E-state index is -1.27. The Morgan fingerprint density at radius 1 is 0.611 bits per heavy atom. The van der Waals surface area contributed by atoms with E-state index in [0.29, 0.717) is 63.7 Å². The van der Waals surface area contributed by atoms with Gasteiger partial charge in [-0.05, 0) is 107 Å². The lowest BCUT2D eigenvalue weighted by Gasteiger charge is -2.28. The summed E-state index contributed by atoms with van der Waals surface area (Å²) in [5.41, 5.74) is 23.3. The van der Waals surface area contributed by atoms with E-state index in [9.17, 15) is 39.0 Å². The second-order valence-corrected chi connectivity index (χ2v) is 14.2. The molecule has 0 aliphatic carbocycles. The van der Waals surface area contributed by atoms with Crippen molar-refractivity contribution in [3.63, 3.8) is 0 Å². The minimum absolute atomic E-state index is 0.0111. The van der Waals surface area contributed by atoms with Gasteiger partial charge in [0.05, 0.1) is 6.04 Å². The number of nitrogens with one attached hydrogen (secondary N) is 5. The molecule has 5 amide bonds. The zero-order chi connectivity index (χ0) is 40.6. The highest BCUT2D eigenvalue weighted by Gasteiger charge is 2.33. The predicted octanol–water partition coefficient (Wildman–Crippen LogP) is -0.866. The van der Waals surface area contributed by atoms with Crippen LogP contribution in [0.15, 0.2) is 24.3 Å². The van der Waals surface area contributed by atoms with Gasteiger partial charge in [0.1, 0.15) is 36.0 Å². The molecule has 0 aliphatic heterocycles. The standard InChI is InChI=1S/C36H63N9O8S/c1-22(2)19-29(34(50)43-28(36(52)53)11-5-8-18-39)44-35(51)30(20-23-12-14-24(46)15-13-23)45-33(49)27(10-4-7-17-38)42-32(48)26(9-3-6-16-37)41-31(47)25(40)21-54/h12-15,22,25-30,46,54H,3-11,16-21,37-40H2,1-2H3,(H,41,47)(H,42,48)(H,43,50)(H,44,51)(H,45,49)(H,52,53)/t25-,26-,27-,28-,29-,30-/m0/s1. The first-order valence-electron chi connectivity index (χ1n) is 18.7. The maximum absolute atomic E-state index is 14.0. The average molecular weight is 782 g/mol. The van der Waals surface area contributed by atoms with E-state index in [-0.39, 0.29) is 49.5 Å². The molecule has 0 radical (unpaired) electrons. The molecule has 1 aromatic rings. The van der Waals surface area contributed by atoms with Gasteiger partial charge < -0.3 is 59.7 Å². The van der Waals surface area contributed by atoms with Crippen molar-refractivity contribution in [2.45, 2.75) is 121 Å². The normalized spacial score (nSPS) is 14.5. The smallest absolute Gasteiger partial charge is 0.326 e. The van der Waals surface area contributed by atoms with E-state index in [2.05, 4.69) is 39.2 Å². The quantitative estimate of drug-likeness (QED) is 0.0365. The van der Waals surface area contributed by atoms with E-state index in [1.807, 2.05) is 13.8 Å². The van der Waals surface area contributed by atoms with Gasteiger partial charge in [-0.1, -0.05) is 26.0 Å². The Hall–Kier alpha value is -3.97. The Bertz CT molecular complexity index is 1320. The molecule has 17 nitrogen and oxygen atoms in total. The first-order chi connectivity index (χ1) is 25.7. The Balaban J connectivity index is 3.41. The number of rotatable bonds is 28. The summed E-state index contributed by atoms with van der Waals surface area (Å²) in [7, 11) is 0. The third kappa shape index (κ3) is 18.9. The van der Waals surface area contributed by atoms with Crippen molar-refractivity contribution in [2.24, 2.45) is 28.9 Å². The van der Waals surface area contributed by atoms with E-state index in [1.54, 1.807) is 12.1 Å². The molecule has 0 bridgehead atoms. The number of aromatic hydroxyl groups is 1. The third-order valence-corrected chi connectivity index (χ3v) is 9.00. The first kappa shape index (κ1) is 48.0. The summed E-state index contributed by atoms with van der Waals surface area (Å²) in [5.74, 6) is -4.62. The number of nitrogens with two attached hydrogens (primary N) is 4. The predicted molar refractivity (Wildman–Crippen MR) is 209 cm³/mol. The van der Waals surface area contributed by atoms with Gasteiger partial charge in [0.25, 0.3) is 0 Å². The summed E-state index contributed by atoms with van der Waals surface area (Å²) in [6, 6.07) is -0.762. The highest BCUT2D eigenvalue weighted by molar-refractivity contribution is 7.80. The van der Waals surface area contributed by atoms with E-state index >= 15 is 0 Å². The zero-order valence-electron chi connectivity index (χ0n) is 31.6. The molecule has 0 fully saturated rings. The number of hydrogen-bond donors (Lipinski definition) is 12. The maximum atomic E-state index is 14.0. The van der Waals surface area contributed by atoms with Crippen molar-refractivity contribution in [3.8, 4) is 5.75 Å². The molecule has 15 N–H and O–H groups in total. The van der Waals surface area contributed by atoms with Crippen molar-refractivity contribution in [1.29, 1.82) is 0 Å². The fourth-order valence-electron chi connectivity index (χ4n) is 5.50. The molecule has 0 saturated carbocycles. The lowest BCUT2D eigenvalue weighted by Crippen LogP contribution is -2.59. The molecule has 0 spiro atoms. The molecule has 1 rings (SSSR count). The SMILES string of the molecule is CC(C)C[C@H](NC(=O)[C@H](Cc1ccc(O)cc1)NC(=O)[C@H](CCCCN)NC(=O)[C@H](CCCCN)NC(=O)[C@@H](N)CS)C(=O)N[C@@H](CCCCN)C(=O)O. The molecule has 0 saturated heterocycles. The summed E-state index contributed by atoms with van der Waals surface area (Å²) in [5, 5.41) is 32.9. The van der Waals surface area contributed by atoms with Crippen LogP contribution in [-0.4, -0.2) is 107 Å². The van der Waals surface area contributed by atoms with Crippen LogP contribution in [0, 0.1) is 5.92 Å². The van der Waals surface area contributed by atoms with E-state index in [1.165, 1.54) is 12.1 Å². The lowest BCUT2D eigenvalue weighted by molar-refractivity contribution is -0.142. The number of carboxylic acids is 1. The number of aliphatic carboxylic acids is 1. The van der Waals surface area contributed by atoms with Crippen molar-refractivity contribution in [1.82, 2.24) is 26.6 Å². The van der Waals surface area contributed by atoms with Crippen LogP contribution in [0.2, 0.25) is 0 Å². The third-order valence-electron chi connectivity index (χ3n) is 8.60. The van der Waals surface area contributed by atoms with Gasteiger partial charge >= 0.3 is 5.97 Å².